The van der Waals surface area contributed by atoms with Crippen LogP contribution in [0.4, 0.5) is 0 Å². The van der Waals surface area contributed by atoms with Crippen molar-refractivity contribution in [3.63, 3.8) is 0 Å². The van der Waals surface area contributed by atoms with E-state index in [1.807, 2.05) is 11.3 Å². The van der Waals surface area contributed by atoms with Gasteiger partial charge in [0.1, 0.15) is 0 Å². The molecule has 0 saturated heterocycles. The van der Waals surface area contributed by atoms with Crippen LogP contribution in [0.2, 0.25) is 0 Å². The first-order chi connectivity index (χ1) is 5.38. The monoisotopic (exact) mass is 166 g/mol. The lowest BCUT2D eigenvalue weighted by atomic mass is 10.0. The smallest absolute Gasteiger partial charge is 0.0105 e. The fourth-order valence-corrected chi connectivity index (χ4v) is 2.93. The van der Waals surface area contributed by atoms with Gasteiger partial charge in [0.05, 0.1) is 0 Å². The molecule has 1 aliphatic rings. The first-order valence-corrected chi connectivity index (χ1v) is 5.32. The largest absolute Gasteiger partial charge is 0.148 e. The van der Waals surface area contributed by atoms with Gasteiger partial charge in [-0.3, -0.25) is 0 Å². The average molecular weight is 166 g/mol. The van der Waals surface area contributed by atoms with Crippen molar-refractivity contribution in [3.8, 4) is 0 Å². The summed E-state index contributed by atoms with van der Waals surface area (Å²) >= 11 is 1.95. The topological polar surface area (TPSA) is 0 Å². The molecule has 0 radical (unpaired) electrons. The Bertz CT molecular complexity index is 237. The van der Waals surface area contributed by atoms with E-state index in [0.717, 1.165) is 5.92 Å². The van der Waals surface area contributed by atoms with Gasteiger partial charge < -0.3 is 0 Å². The normalized spacial score (nSPS) is 24.3. The maximum atomic E-state index is 2.36. The minimum Gasteiger partial charge on any atom is -0.148 e. The second-order valence-electron chi connectivity index (χ2n) is 3.46. The van der Waals surface area contributed by atoms with E-state index in [-0.39, 0.29) is 0 Å². The van der Waals surface area contributed by atoms with Gasteiger partial charge >= 0.3 is 0 Å². The van der Waals surface area contributed by atoms with Crippen LogP contribution in [0.1, 0.15) is 42.5 Å². The highest BCUT2D eigenvalue weighted by Crippen LogP contribution is 2.33. The lowest BCUT2D eigenvalue weighted by molar-refractivity contribution is 0.639. The Hall–Kier alpha value is -0.300. The van der Waals surface area contributed by atoms with Gasteiger partial charge in [-0.15, -0.1) is 11.3 Å². The predicted molar refractivity (Wildman–Crippen MR) is 50.3 cm³/mol. The van der Waals surface area contributed by atoms with Gasteiger partial charge in [0.2, 0.25) is 0 Å². The van der Waals surface area contributed by atoms with Gasteiger partial charge in [0.25, 0.3) is 0 Å². The highest BCUT2D eigenvalue weighted by molar-refractivity contribution is 7.10. The van der Waals surface area contributed by atoms with Gasteiger partial charge in [-0.05, 0) is 42.2 Å². The molecule has 1 aromatic heterocycles. The molecule has 0 bridgehead atoms. The van der Waals surface area contributed by atoms with Crippen LogP contribution in [0.25, 0.3) is 0 Å². The predicted octanol–water partition coefficient (Wildman–Crippen LogP) is 3.58. The zero-order valence-electron chi connectivity index (χ0n) is 6.97. The molecule has 0 fully saturated rings. The van der Waals surface area contributed by atoms with Crippen molar-refractivity contribution >= 4 is 11.3 Å². The van der Waals surface area contributed by atoms with E-state index in [2.05, 4.69) is 18.4 Å². The average Bonchev–Trinajstić information content (AvgIpc) is 2.40. The number of hydrogen-bond donors (Lipinski definition) is 0. The Balaban J connectivity index is 2.34. The molecule has 0 aromatic carbocycles. The fourth-order valence-electron chi connectivity index (χ4n) is 1.88. The lowest BCUT2D eigenvalue weighted by Crippen LogP contribution is -1.88. The summed E-state index contributed by atoms with van der Waals surface area (Å²) in [5.41, 5.74) is 1.63. The Morgan fingerprint density at radius 3 is 3.27 bits per heavy atom. The quantitative estimate of drug-likeness (QED) is 0.517. The third kappa shape index (κ3) is 1.34. The molecule has 0 amide bonds. The summed E-state index contributed by atoms with van der Waals surface area (Å²) in [5, 5.41) is 2.24. The molecule has 0 spiro atoms. The Morgan fingerprint density at radius 2 is 2.36 bits per heavy atom. The third-order valence-corrected chi connectivity index (χ3v) is 3.75. The van der Waals surface area contributed by atoms with Crippen molar-refractivity contribution in [2.45, 2.75) is 38.5 Å². The number of hydrogen-bond acceptors (Lipinski definition) is 1. The summed E-state index contributed by atoms with van der Waals surface area (Å²) in [7, 11) is 0. The first kappa shape index (κ1) is 7.35. The van der Waals surface area contributed by atoms with Crippen molar-refractivity contribution < 1.29 is 0 Å². The summed E-state index contributed by atoms with van der Waals surface area (Å²) < 4.78 is 0. The van der Waals surface area contributed by atoms with Crippen LogP contribution in [0.15, 0.2) is 11.4 Å². The Labute approximate surface area is 72.3 Å². The van der Waals surface area contributed by atoms with Gasteiger partial charge in [-0.2, -0.15) is 0 Å². The molecule has 0 aliphatic heterocycles. The third-order valence-electron chi connectivity index (χ3n) is 2.56. The van der Waals surface area contributed by atoms with Gasteiger partial charge in [0.15, 0.2) is 0 Å². The van der Waals surface area contributed by atoms with E-state index in [0.29, 0.717) is 0 Å². The number of aryl methyl sites for hydroxylation is 1. The lowest BCUT2D eigenvalue weighted by Gasteiger charge is -2.05. The highest BCUT2D eigenvalue weighted by atomic mass is 32.1. The van der Waals surface area contributed by atoms with E-state index < -0.39 is 0 Å². The molecule has 1 aliphatic carbocycles. The molecule has 2 rings (SSSR count). The van der Waals surface area contributed by atoms with Crippen molar-refractivity contribution in [3.05, 3.63) is 21.9 Å². The molecule has 1 heterocycles. The van der Waals surface area contributed by atoms with Gasteiger partial charge in [-0.1, -0.05) is 13.3 Å². The van der Waals surface area contributed by atoms with Crippen molar-refractivity contribution in [1.29, 1.82) is 0 Å². The molecule has 0 saturated carbocycles. The van der Waals surface area contributed by atoms with Crippen LogP contribution in [0.3, 0.4) is 0 Å². The van der Waals surface area contributed by atoms with Crippen LogP contribution in [0.5, 0.6) is 0 Å². The van der Waals surface area contributed by atoms with Crippen LogP contribution < -0.4 is 0 Å². The Morgan fingerprint density at radius 1 is 1.45 bits per heavy atom. The van der Waals surface area contributed by atoms with Crippen LogP contribution in [-0.4, -0.2) is 0 Å². The summed E-state index contributed by atoms with van der Waals surface area (Å²) in [5.74, 6) is 0.826. The van der Waals surface area contributed by atoms with Crippen molar-refractivity contribution in [1.82, 2.24) is 0 Å². The second kappa shape index (κ2) is 2.98. The summed E-state index contributed by atoms with van der Waals surface area (Å²) in [6.45, 7) is 2.36. The number of rotatable bonds is 0. The van der Waals surface area contributed by atoms with E-state index in [1.165, 1.54) is 25.7 Å². The molecule has 1 aromatic rings. The number of thiophene rings is 1. The molecular weight excluding hydrogens is 152 g/mol. The standard InChI is InChI=1S/C10H14S/c1-8-4-2-3-5-9-6-7-11-10(8)9/h6-8H,2-5H2,1H3. The molecule has 1 unspecified atom stereocenters. The van der Waals surface area contributed by atoms with E-state index in [9.17, 15) is 0 Å². The molecule has 60 valence electrons. The van der Waals surface area contributed by atoms with Crippen LogP contribution in [-0.2, 0) is 6.42 Å². The first-order valence-electron chi connectivity index (χ1n) is 4.44. The van der Waals surface area contributed by atoms with E-state index >= 15 is 0 Å². The van der Waals surface area contributed by atoms with Crippen LogP contribution >= 0.6 is 11.3 Å². The molecule has 0 N–H and O–H groups in total. The maximum Gasteiger partial charge on any atom is 0.0105 e. The maximum absolute atomic E-state index is 2.36. The zero-order chi connectivity index (χ0) is 7.68. The SMILES string of the molecule is CC1CCCCc2ccsc21. The molecule has 1 heteroatoms. The van der Waals surface area contributed by atoms with Crippen LogP contribution in [0, 0.1) is 0 Å². The van der Waals surface area contributed by atoms with Crippen molar-refractivity contribution in [2.24, 2.45) is 0 Å². The number of fused-ring (bicyclic) bond motifs is 1. The summed E-state index contributed by atoms with van der Waals surface area (Å²) in [6, 6.07) is 2.31. The molecule has 1 atom stereocenters. The van der Waals surface area contributed by atoms with Gasteiger partial charge in [0, 0.05) is 4.88 Å². The Kier molecular flexibility index (Phi) is 1.99. The minimum atomic E-state index is 0.826. The molecule has 11 heavy (non-hydrogen) atoms. The highest BCUT2D eigenvalue weighted by Gasteiger charge is 2.14. The zero-order valence-corrected chi connectivity index (χ0v) is 7.79. The van der Waals surface area contributed by atoms with Gasteiger partial charge in [-0.25, -0.2) is 0 Å². The van der Waals surface area contributed by atoms with Crippen molar-refractivity contribution in [2.75, 3.05) is 0 Å². The minimum absolute atomic E-state index is 0.826. The summed E-state index contributed by atoms with van der Waals surface area (Å²) in [6.07, 6.45) is 5.54. The summed E-state index contributed by atoms with van der Waals surface area (Å²) in [4.78, 5) is 1.66. The molecular formula is C10H14S. The molecule has 0 nitrogen and oxygen atoms in total. The fraction of sp³-hybridized carbons (Fsp3) is 0.600. The van der Waals surface area contributed by atoms with E-state index in [1.54, 1.807) is 10.4 Å². The van der Waals surface area contributed by atoms with E-state index in [4.69, 9.17) is 0 Å². The second-order valence-corrected chi connectivity index (χ2v) is 4.40.